The monoisotopic (exact) mass is 302 g/mol. The first-order valence-electron chi connectivity index (χ1n) is 6.60. The van der Waals surface area contributed by atoms with Gasteiger partial charge in [0.2, 0.25) is 0 Å². The molecule has 2 rings (SSSR count). The van der Waals surface area contributed by atoms with Gasteiger partial charge < -0.3 is 4.90 Å². The summed E-state index contributed by atoms with van der Waals surface area (Å²) in [4.78, 5) is 23.9. The van der Waals surface area contributed by atoms with Crippen LogP contribution >= 0.6 is 0 Å². The van der Waals surface area contributed by atoms with Crippen LogP contribution in [0.15, 0.2) is 36.4 Å². The second-order valence-corrected chi connectivity index (χ2v) is 5.08. The Morgan fingerprint density at radius 2 is 1.86 bits per heavy atom. The fourth-order valence-electron chi connectivity index (χ4n) is 2.16. The number of hydrogen-bond acceptors (Lipinski definition) is 3. The van der Waals surface area contributed by atoms with Crippen LogP contribution in [0.1, 0.15) is 21.5 Å². The van der Waals surface area contributed by atoms with E-state index in [0.29, 0.717) is 5.69 Å². The highest BCUT2D eigenvalue weighted by Crippen LogP contribution is 2.24. The number of hydrogen-bond donors (Lipinski definition) is 0. The summed E-state index contributed by atoms with van der Waals surface area (Å²) >= 11 is 0. The molecule has 2 aromatic rings. The molecule has 0 fully saturated rings. The number of anilines is 1. The molecule has 0 saturated carbocycles. The number of amides is 1. The van der Waals surface area contributed by atoms with E-state index in [9.17, 15) is 19.3 Å². The van der Waals surface area contributed by atoms with Crippen molar-refractivity contribution in [3.05, 3.63) is 69.0 Å². The van der Waals surface area contributed by atoms with Crippen molar-refractivity contribution >= 4 is 17.3 Å². The lowest BCUT2D eigenvalue weighted by atomic mass is 10.1. The number of rotatable bonds is 3. The first-order chi connectivity index (χ1) is 10.3. The molecule has 114 valence electrons. The number of carbonyl (C=O) groups is 1. The molecule has 0 bridgehead atoms. The lowest BCUT2D eigenvalue weighted by molar-refractivity contribution is -0.384. The largest absolute Gasteiger partial charge is 0.311 e. The zero-order valence-corrected chi connectivity index (χ0v) is 12.5. The highest BCUT2D eigenvalue weighted by molar-refractivity contribution is 6.06. The van der Waals surface area contributed by atoms with Gasteiger partial charge in [-0.05, 0) is 37.1 Å². The molecule has 0 atom stereocenters. The van der Waals surface area contributed by atoms with Gasteiger partial charge in [-0.15, -0.1) is 0 Å². The zero-order chi connectivity index (χ0) is 16.4. The SMILES string of the molecule is Cc1ccc(C)c(N(C)C(=O)c2cc([N+](=O)[O-])ccc2F)c1. The van der Waals surface area contributed by atoms with Gasteiger partial charge in [0.05, 0.1) is 10.5 Å². The van der Waals surface area contributed by atoms with Crippen molar-refractivity contribution in [2.45, 2.75) is 13.8 Å². The van der Waals surface area contributed by atoms with Crippen LogP contribution in [0.2, 0.25) is 0 Å². The first kappa shape index (κ1) is 15.6. The molecular formula is C16H15FN2O3. The molecule has 0 radical (unpaired) electrons. The van der Waals surface area contributed by atoms with Crippen molar-refractivity contribution in [1.82, 2.24) is 0 Å². The predicted octanol–water partition coefficient (Wildman–Crippen LogP) is 3.63. The van der Waals surface area contributed by atoms with Crippen LogP contribution in [-0.4, -0.2) is 17.9 Å². The van der Waals surface area contributed by atoms with E-state index < -0.39 is 16.6 Å². The summed E-state index contributed by atoms with van der Waals surface area (Å²) < 4.78 is 13.9. The van der Waals surface area contributed by atoms with Crippen molar-refractivity contribution in [2.75, 3.05) is 11.9 Å². The molecule has 0 unspecified atom stereocenters. The number of halogens is 1. The van der Waals surface area contributed by atoms with Crippen LogP contribution in [0.4, 0.5) is 15.8 Å². The van der Waals surface area contributed by atoms with E-state index >= 15 is 0 Å². The fraction of sp³-hybridized carbons (Fsp3) is 0.188. The third-order valence-electron chi connectivity index (χ3n) is 3.42. The van der Waals surface area contributed by atoms with Crippen LogP contribution < -0.4 is 4.90 Å². The lowest BCUT2D eigenvalue weighted by Gasteiger charge is -2.20. The van der Waals surface area contributed by atoms with Gasteiger partial charge in [-0.1, -0.05) is 12.1 Å². The summed E-state index contributed by atoms with van der Waals surface area (Å²) in [5, 5.41) is 10.8. The molecule has 0 N–H and O–H groups in total. The molecule has 0 aromatic heterocycles. The number of nitrogens with zero attached hydrogens (tertiary/aromatic N) is 2. The summed E-state index contributed by atoms with van der Waals surface area (Å²) in [6.07, 6.45) is 0. The Morgan fingerprint density at radius 3 is 2.50 bits per heavy atom. The molecule has 0 spiro atoms. The topological polar surface area (TPSA) is 63.5 Å². The minimum atomic E-state index is -0.784. The number of nitro benzene ring substituents is 1. The van der Waals surface area contributed by atoms with E-state index in [0.717, 1.165) is 29.3 Å². The molecule has 0 aliphatic heterocycles. The van der Waals surface area contributed by atoms with Gasteiger partial charge in [-0.25, -0.2) is 4.39 Å². The van der Waals surface area contributed by atoms with Gasteiger partial charge in [0, 0.05) is 24.9 Å². The van der Waals surface area contributed by atoms with Gasteiger partial charge in [0.25, 0.3) is 11.6 Å². The van der Waals surface area contributed by atoms with Gasteiger partial charge in [-0.3, -0.25) is 14.9 Å². The standard InChI is InChI=1S/C16H15FN2O3/c1-10-4-5-11(2)15(8-10)18(3)16(20)13-9-12(19(21)22)6-7-14(13)17/h4-9H,1-3H3. The van der Waals surface area contributed by atoms with Crippen molar-refractivity contribution < 1.29 is 14.1 Å². The Balaban J connectivity index is 2.45. The van der Waals surface area contributed by atoms with Crippen molar-refractivity contribution in [3.63, 3.8) is 0 Å². The van der Waals surface area contributed by atoms with E-state index in [1.54, 1.807) is 0 Å². The maximum Gasteiger partial charge on any atom is 0.270 e. The van der Waals surface area contributed by atoms with E-state index in [4.69, 9.17) is 0 Å². The third-order valence-corrected chi connectivity index (χ3v) is 3.42. The molecule has 6 heteroatoms. The highest BCUT2D eigenvalue weighted by atomic mass is 19.1. The summed E-state index contributed by atoms with van der Waals surface area (Å²) in [7, 11) is 1.52. The van der Waals surface area contributed by atoms with E-state index in [1.807, 2.05) is 32.0 Å². The Bertz CT molecular complexity index is 759. The molecule has 0 saturated heterocycles. The number of nitro groups is 1. The third kappa shape index (κ3) is 2.95. The normalized spacial score (nSPS) is 10.4. The molecule has 0 heterocycles. The van der Waals surface area contributed by atoms with Gasteiger partial charge in [-0.2, -0.15) is 0 Å². The van der Waals surface area contributed by atoms with Crippen LogP contribution in [0.3, 0.4) is 0 Å². The van der Waals surface area contributed by atoms with Crippen LogP contribution in [-0.2, 0) is 0 Å². The van der Waals surface area contributed by atoms with Crippen LogP contribution in [0, 0.1) is 29.8 Å². The molecule has 5 nitrogen and oxygen atoms in total. The molecule has 2 aromatic carbocycles. The van der Waals surface area contributed by atoms with Crippen molar-refractivity contribution in [2.24, 2.45) is 0 Å². The summed E-state index contributed by atoms with van der Waals surface area (Å²) in [6, 6.07) is 8.50. The minimum absolute atomic E-state index is 0.320. The number of benzene rings is 2. The number of non-ortho nitro benzene ring substituents is 1. The second kappa shape index (κ2) is 5.93. The Hall–Kier alpha value is -2.76. The fourth-order valence-corrected chi connectivity index (χ4v) is 2.16. The number of carbonyl (C=O) groups excluding carboxylic acids is 1. The maximum absolute atomic E-state index is 13.9. The smallest absolute Gasteiger partial charge is 0.270 e. The summed E-state index contributed by atoms with van der Waals surface area (Å²) in [5.74, 6) is -1.41. The maximum atomic E-state index is 13.9. The van der Waals surface area contributed by atoms with Crippen molar-refractivity contribution in [1.29, 1.82) is 0 Å². The predicted molar refractivity (Wildman–Crippen MR) is 81.7 cm³/mol. The van der Waals surface area contributed by atoms with Gasteiger partial charge >= 0.3 is 0 Å². The molecule has 0 aliphatic rings. The average molecular weight is 302 g/mol. The number of aryl methyl sites for hydroxylation is 2. The van der Waals surface area contributed by atoms with Crippen molar-refractivity contribution in [3.8, 4) is 0 Å². The highest BCUT2D eigenvalue weighted by Gasteiger charge is 2.21. The first-order valence-corrected chi connectivity index (χ1v) is 6.60. The zero-order valence-electron chi connectivity index (χ0n) is 12.5. The average Bonchev–Trinajstić information content (AvgIpc) is 2.48. The Morgan fingerprint density at radius 1 is 1.18 bits per heavy atom. The molecule has 0 aliphatic carbocycles. The molecular weight excluding hydrogens is 287 g/mol. The second-order valence-electron chi connectivity index (χ2n) is 5.08. The lowest BCUT2D eigenvalue weighted by Crippen LogP contribution is -2.28. The van der Waals surface area contributed by atoms with E-state index in [-0.39, 0.29) is 11.3 Å². The Labute approximate surface area is 127 Å². The van der Waals surface area contributed by atoms with E-state index in [2.05, 4.69) is 0 Å². The van der Waals surface area contributed by atoms with Gasteiger partial charge in [0.15, 0.2) is 0 Å². The van der Waals surface area contributed by atoms with Gasteiger partial charge in [0.1, 0.15) is 5.82 Å². The minimum Gasteiger partial charge on any atom is -0.311 e. The molecule has 1 amide bonds. The van der Waals surface area contributed by atoms with E-state index in [1.165, 1.54) is 11.9 Å². The Kier molecular flexibility index (Phi) is 4.21. The molecule has 22 heavy (non-hydrogen) atoms. The van der Waals surface area contributed by atoms with Crippen LogP contribution in [0.25, 0.3) is 0 Å². The summed E-state index contributed by atoms with van der Waals surface area (Å²) in [5.41, 5.74) is 1.81. The van der Waals surface area contributed by atoms with Crippen LogP contribution in [0.5, 0.6) is 0 Å². The summed E-state index contributed by atoms with van der Waals surface area (Å²) in [6.45, 7) is 3.72. The quantitative estimate of drug-likeness (QED) is 0.642.